The minimum Gasteiger partial charge on any atom is -0.441 e. The highest BCUT2D eigenvalue weighted by atomic mass is 32.2. The van der Waals surface area contributed by atoms with Crippen molar-refractivity contribution in [2.24, 2.45) is 0 Å². The Morgan fingerprint density at radius 3 is 2.77 bits per heavy atom. The fraction of sp³-hybridized carbons (Fsp3) is 0.478. The lowest BCUT2D eigenvalue weighted by Crippen LogP contribution is -2.25. The summed E-state index contributed by atoms with van der Waals surface area (Å²) in [5.41, 5.74) is 0.987. The Morgan fingerprint density at radius 2 is 2.00 bits per heavy atom. The van der Waals surface area contributed by atoms with Gasteiger partial charge in [0.1, 0.15) is 5.82 Å². The largest absolute Gasteiger partial charge is 0.441 e. The number of nitrogens with one attached hydrogen (secondary N) is 1. The molecule has 0 spiro atoms. The minimum atomic E-state index is 0.0153. The van der Waals surface area contributed by atoms with Crippen molar-refractivity contribution in [2.45, 2.75) is 62.6 Å². The van der Waals surface area contributed by atoms with Crippen LogP contribution in [0.2, 0.25) is 0 Å². The molecule has 1 N–H and O–H groups in total. The molecule has 0 aliphatic heterocycles. The van der Waals surface area contributed by atoms with E-state index in [-0.39, 0.29) is 5.91 Å². The molecule has 4 rings (SSSR count). The van der Waals surface area contributed by atoms with Gasteiger partial charge in [0, 0.05) is 37.4 Å². The molecule has 1 aliphatic rings. The van der Waals surface area contributed by atoms with E-state index in [1.165, 1.54) is 25.7 Å². The first kappa shape index (κ1) is 21.6. The molecular weight excluding hydrogens is 410 g/mol. The molecule has 1 saturated carbocycles. The molecule has 7 nitrogen and oxygen atoms in total. The summed E-state index contributed by atoms with van der Waals surface area (Å²) in [6, 6.07) is 10.4. The van der Waals surface area contributed by atoms with E-state index < -0.39 is 0 Å². The van der Waals surface area contributed by atoms with E-state index in [1.807, 2.05) is 30.3 Å². The Bertz CT molecular complexity index is 979. The first-order valence-electron chi connectivity index (χ1n) is 11.0. The van der Waals surface area contributed by atoms with Crippen LogP contribution in [0.15, 0.2) is 46.1 Å². The van der Waals surface area contributed by atoms with Crippen molar-refractivity contribution >= 4 is 17.7 Å². The summed E-state index contributed by atoms with van der Waals surface area (Å²) in [5, 5.41) is 12.8. The van der Waals surface area contributed by atoms with E-state index in [0.717, 1.165) is 35.1 Å². The molecule has 1 amide bonds. The van der Waals surface area contributed by atoms with Crippen LogP contribution in [0.25, 0.3) is 11.3 Å². The molecule has 1 aromatic carbocycles. The predicted molar refractivity (Wildman–Crippen MR) is 121 cm³/mol. The molecule has 0 bridgehead atoms. The van der Waals surface area contributed by atoms with Gasteiger partial charge in [0.2, 0.25) is 5.91 Å². The van der Waals surface area contributed by atoms with Crippen molar-refractivity contribution in [3.63, 3.8) is 0 Å². The average Bonchev–Trinajstić information content (AvgIpc) is 3.56. The number of aryl methyl sites for hydroxylation is 2. The van der Waals surface area contributed by atoms with E-state index >= 15 is 0 Å². The number of aromatic nitrogens is 4. The summed E-state index contributed by atoms with van der Waals surface area (Å²) in [4.78, 5) is 16.5. The second-order valence-electron chi connectivity index (χ2n) is 7.85. The monoisotopic (exact) mass is 439 g/mol. The van der Waals surface area contributed by atoms with Gasteiger partial charge in [-0.15, -0.1) is 10.2 Å². The zero-order valence-electron chi connectivity index (χ0n) is 17.9. The third-order valence-corrected chi connectivity index (χ3v) is 6.33. The summed E-state index contributed by atoms with van der Waals surface area (Å²) in [7, 11) is 0. The number of rotatable bonds is 10. The van der Waals surface area contributed by atoms with Crippen LogP contribution in [-0.4, -0.2) is 38.5 Å². The van der Waals surface area contributed by atoms with Gasteiger partial charge in [-0.1, -0.05) is 54.9 Å². The maximum atomic E-state index is 12.2. The fourth-order valence-electron chi connectivity index (χ4n) is 4.09. The topological polar surface area (TPSA) is 85.8 Å². The molecule has 1 aliphatic carbocycles. The number of benzene rings is 1. The summed E-state index contributed by atoms with van der Waals surface area (Å²) in [6.07, 6.45) is 11.3. The molecule has 8 heteroatoms. The van der Waals surface area contributed by atoms with Crippen LogP contribution in [0.1, 0.15) is 56.3 Å². The number of hydrogen-bond donors (Lipinski definition) is 1. The van der Waals surface area contributed by atoms with Crippen LogP contribution in [0, 0.1) is 0 Å². The quantitative estimate of drug-likeness (QED) is 0.371. The molecule has 0 saturated heterocycles. The van der Waals surface area contributed by atoms with Gasteiger partial charge in [0.25, 0.3) is 0 Å². The standard InChI is InChI=1S/C23H29N5O2S/c1-31-23-27-26-20(28(23)18-10-5-6-11-18)12-7-15-24-21(29)13-14-22-25-16-19(30-22)17-8-3-2-4-9-17/h2-4,8-9,16,18H,5-7,10-15H2,1H3,(H,24,29). The normalized spacial score (nSPS) is 14.2. The number of carbonyl (C=O) groups is 1. The number of hydrogen-bond acceptors (Lipinski definition) is 6. The molecule has 164 valence electrons. The Hall–Kier alpha value is -2.61. The van der Waals surface area contributed by atoms with Crippen molar-refractivity contribution < 1.29 is 9.21 Å². The van der Waals surface area contributed by atoms with E-state index in [1.54, 1.807) is 18.0 Å². The van der Waals surface area contributed by atoms with E-state index in [2.05, 4.69) is 31.3 Å². The lowest BCUT2D eigenvalue weighted by atomic mass is 10.2. The fourth-order valence-corrected chi connectivity index (χ4v) is 4.66. The Morgan fingerprint density at radius 1 is 1.19 bits per heavy atom. The molecular formula is C23H29N5O2S. The molecule has 0 radical (unpaired) electrons. The Labute approximate surface area is 187 Å². The average molecular weight is 440 g/mol. The highest BCUT2D eigenvalue weighted by Crippen LogP contribution is 2.33. The first-order chi connectivity index (χ1) is 15.2. The third kappa shape index (κ3) is 5.55. The molecule has 3 aromatic rings. The molecule has 31 heavy (non-hydrogen) atoms. The SMILES string of the molecule is CSc1nnc(CCCNC(=O)CCc2ncc(-c3ccccc3)o2)n1C1CCCC1. The number of nitrogens with zero attached hydrogens (tertiary/aromatic N) is 4. The third-order valence-electron chi connectivity index (χ3n) is 5.68. The van der Waals surface area contributed by atoms with Gasteiger partial charge in [-0.05, 0) is 25.5 Å². The van der Waals surface area contributed by atoms with Gasteiger partial charge in [0.05, 0.1) is 6.20 Å². The summed E-state index contributed by atoms with van der Waals surface area (Å²) < 4.78 is 8.09. The maximum absolute atomic E-state index is 12.2. The zero-order chi connectivity index (χ0) is 21.5. The molecule has 2 aromatic heterocycles. The number of carbonyl (C=O) groups excluding carboxylic acids is 1. The lowest BCUT2D eigenvalue weighted by Gasteiger charge is -2.16. The smallest absolute Gasteiger partial charge is 0.220 e. The maximum Gasteiger partial charge on any atom is 0.220 e. The molecule has 2 heterocycles. The highest BCUT2D eigenvalue weighted by Gasteiger charge is 2.23. The molecule has 0 atom stereocenters. The van der Waals surface area contributed by atoms with Gasteiger partial charge >= 0.3 is 0 Å². The van der Waals surface area contributed by atoms with E-state index in [4.69, 9.17) is 4.42 Å². The number of oxazole rings is 1. The van der Waals surface area contributed by atoms with Crippen LogP contribution >= 0.6 is 11.8 Å². The number of thioether (sulfide) groups is 1. The molecule has 1 fully saturated rings. The van der Waals surface area contributed by atoms with Crippen LogP contribution in [0.5, 0.6) is 0 Å². The van der Waals surface area contributed by atoms with Gasteiger partial charge < -0.3 is 14.3 Å². The predicted octanol–water partition coefficient (Wildman–Crippen LogP) is 4.45. The second kappa shape index (κ2) is 10.6. The van der Waals surface area contributed by atoms with Crippen molar-refractivity contribution in [1.29, 1.82) is 0 Å². The summed E-state index contributed by atoms with van der Waals surface area (Å²) >= 11 is 1.66. The highest BCUT2D eigenvalue weighted by molar-refractivity contribution is 7.98. The molecule has 0 unspecified atom stereocenters. The van der Waals surface area contributed by atoms with Crippen molar-refractivity contribution in [3.8, 4) is 11.3 Å². The van der Waals surface area contributed by atoms with Crippen molar-refractivity contribution in [3.05, 3.63) is 48.2 Å². The Balaban J connectivity index is 1.20. The van der Waals surface area contributed by atoms with Crippen molar-refractivity contribution in [1.82, 2.24) is 25.1 Å². The second-order valence-corrected chi connectivity index (χ2v) is 8.62. The van der Waals surface area contributed by atoms with Gasteiger partial charge in [-0.2, -0.15) is 0 Å². The minimum absolute atomic E-state index is 0.0153. The zero-order valence-corrected chi connectivity index (χ0v) is 18.7. The van der Waals surface area contributed by atoms with Crippen LogP contribution in [0.3, 0.4) is 0 Å². The Kier molecular flexibility index (Phi) is 7.40. The summed E-state index contributed by atoms with van der Waals surface area (Å²) in [6.45, 7) is 0.631. The van der Waals surface area contributed by atoms with Crippen molar-refractivity contribution in [2.75, 3.05) is 12.8 Å². The van der Waals surface area contributed by atoms with Gasteiger partial charge in [0.15, 0.2) is 16.8 Å². The lowest BCUT2D eigenvalue weighted by molar-refractivity contribution is -0.121. The van der Waals surface area contributed by atoms with Gasteiger partial charge in [-0.25, -0.2) is 4.98 Å². The van der Waals surface area contributed by atoms with Crippen LogP contribution in [0.4, 0.5) is 0 Å². The van der Waals surface area contributed by atoms with Crippen LogP contribution in [-0.2, 0) is 17.6 Å². The summed E-state index contributed by atoms with van der Waals surface area (Å²) in [5.74, 6) is 2.37. The van der Waals surface area contributed by atoms with Gasteiger partial charge in [-0.3, -0.25) is 4.79 Å². The number of amides is 1. The van der Waals surface area contributed by atoms with E-state index in [0.29, 0.717) is 31.3 Å². The first-order valence-corrected chi connectivity index (χ1v) is 12.2. The van der Waals surface area contributed by atoms with E-state index in [9.17, 15) is 4.79 Å². The van der Waals surface area contributed by atoms with Crippen LogP contribution < -0.4 is 5.32 Å².